The van der Waals surface area contributed by atoms with Crippen molar-refractivity contribution in [3.05, 3.63) is 63.8 Å². The van der Waals surface area contributed by atoms with Crippen molar-refractivity contribution in [2.24, 2.45) is 0 Å². The summed E-state index contributed by atoms with van der Waals surface area (Å²) in [7, 11) is 0. The molecule has 2 heterocycles. The van der Waals surface area contributed by atoms with Gasteiger partial charge in [0.25, 0.3) is 5.56 Å². The zero-order valence-corrected chi connectivity index (χ0v) is 9.78. The quantitative estimate of drug-likeness (QED) is 0.877. The topological polar surface area (TPSA) is 96.0 Å². The molecular formula is C13H9N3O3. The van der Waals surface area contributed by atoms with Crippen LogP contribution in [0.3, 0.4) is 0 Å². The normalized spacial score (nSPS) is 9.84. The van der Waals surface area contributed by atoms with E-state index in [9.17, 15) is 9.59 Å². The Morgan fingerprint density at radius 1 is 1.42 bits per heavy atom. The molecule has 19 heavy (non-hydrogen) atoms. The standard InChI is InChI=1S/C13H9N3O3/c14-7-11-9(3-1-5-15-11)8-16-6-2-4-10(12(16)17)13(18)19/h1-6H,8H2,(H,18,19). The van der Waals surface area contributed by atoms with Gasteiger partial charge >= 0.3 is 5.97 Å². The molecule has 0 radical (unpaired) electrons. The number of carbonyl (C=O) groups is 1. The first-order chi connectivity index (χ1) is 9.13. The second kappa shape index (κ2) is 5.14. The third-order valence-corrected chi connectivity index (χ3v) is 2.59. The van der Waals surface area contributed by atoms with E-state index in [0.29, 0.717) is 5.56 Å². The molecule has 94 valence electrons. The average molecular weight is 255 g/mol. The third-order valence-electron chi connectivity index (χ3n) is 2.59. The van der Waals surface area contributed by atoms with Crippen LogP contribution in [0.5, 0.6) is 0 Å². The number of aromatic nitrogens is 2. The van der Waals surface area contributed by atoms with Crippen LogP contribution in [0, 0.1) is 11.3 Å². The number of nitriles is 1. The highest BCUT2D eigenvalue weighted by molar-refractivity contribution is 5.86. The van der Waals surface area contributed by atoms with Gasteiger partial charge in [0.05, 0.1) is 6.54 Å². The molecule has 2 aromatic heterocycles. The molecule has 0 amide bonds. The summed E-state index contributed by atoms with van der Waals surface area (Å²) < 4.78 is 1.24. The van der Waals surface area contributed by atoms with Crippen LogP contribution in [0.1, 0.15) is 21.6 Å². The summed E-state index contributed by atoms with van der Waals surface area (Å²) in [6, 6.07) is 7.98. The zero-order chi connectivity index (χ0) is 13.8. The summed E-state index contributed by atoms with van der Waals surface area (Å²) in [6.45, 7) is 0.108. The molecule has 0 saturated heterocycles. The van der Waals surface area contributed by atoms with E-state index in [1.165, 1.54) is 29.1 Å². The number of carboxylic acid groups (broad SMARTS) is 1. The fourth-order valence-electron chi connectivity index (χ4n) is 1.67. The molecule has 0 unspecified atom stereocenters. The lowest BCUT2D eigenvalue weighted by Crippen LogP contribution is -2.26. The second-order valence-corrected chi connectivity index (χ2v) is 3.78. The molecule has 0 aromatic carbocycles. The Morgan fingerprint density at radius 2 is 2.21 bits per heavy atom. The molecule has 0 bridgehead atoms. The monoisotopic (exact) mass is 255 g/mol. The summed E-state index contributed by atoms with van der Waals surface area (Å²) >= 11 is 0. The van der Waals surface area contributed by atoms with E-state index in [-0.39, 0.29) is 17.8 Å². The van der Waals surface area contributed by atoms with E-state index in [1.54, 1.807) is 12.1 Å². The summed E-state index contributed by atoms with van der Waals surface area (Å²) in [5.41, 5.74) is -0.127. The molecule has 0 atom stereocenters. The molecule has 0 aliphatic carbocycles. The Hall–Kier alpha value is -2.94. The van der Waals surface area contributed by atoms with Crippen LogP contribution in [0.25, 0.3) is 0 Å². The predicted octanol–water partition coefficient (Wildman–Crippen LogP) is 0.861. The molecule has 0 aliphatic rings. The van der Waals surface area contributed by atoms with Crippen molar-refractivity contribution in [3.63, 3.8) is 0 Å². The van der Waals surface area contributed by atoms with Gasteiger partial charge in [0.1, 0.15) is 17.3 Å². The first kappa shape index (κ1) is 12.5. The molecule has 0 spiro atoms. The molecule has 6 heteroatoms. The SMILES string of the molecule is N#Cc1ncccc1Cn1cccc(C(=O)O)c1=O. The molecule has 1 N–H and O–H groups in total. The number of nitrogens with zero attached hydrogens (tertiary/aromatic N) is 3. The van der Waals surface area contributed by atoms with Crippen molar-refractivity contribution in [2.75, 3.05) is 0 Å². The van der Waals surface area contributed by atoms with Gasteiger partial charge in [-0.1, -0.05) is 6.07 Å². The predicted molar refractivity (Wildman–Crippen MR) is 65.7 cm³/mol. The highest BCUT2D eigenvalue weighted by Crippen LogP contribution is 2.05. The van der Waals surface area contributed by atoms with Gasteiger partial charge in [-0.3, -0.25) is 4.79 Å². The van der Waals surface area contributed by atoms with Crippen molar-refractivity contribution in [2.45, 2.75) is 6.54 Å². The van der Waals surface area contributed by atoms with Crippen molar-refractivity contribution in [1.82, 2.24) is 9.55 Å². The van der Waals surface area contributed by atoms with Gasteiger partial charge in [0.15, 0.2) is 0 Å². The van der Waals surface area contributed by atoms with E-state index >= 15 is 0 Å². The Labute approximate surface area is 108 Å². The summed E-state index contributed by atoms with van der Waals surface area (Å²) in [5.74, 6) is -1.27. The van der Waals surface area contributed by atoms with Gasteiger partial charge in [0.2, 0.25) is 0 Å². The minimum Gasteiger partial charge on any atom is -0.477 e. The molecule has 6 nitrogen and oxygen atoms in total. The molecule has 2 rings (SSSR count). The van der Waals surface area contributed by atoms with Gasteiger partial charge in [0, 0.05) is 18.0 Å². The number of carboxylic acids is 1. The average Bonchev–Trinajstić information content (AvgIpc) is 2.41. The van der Waals surface area contributed by atoms with Crippen molar-refractivity contribution in [1.29, 1.82) is 5.26 Å². The van der Waals surface area contributed by atoms with E-state index < -0.39 is 11.5 Å². The lowest BCUT2D eigenvalue weighted by Gasteiger charge is -2.07. The van der Waals surface area contributed by atoms with Gasteiger partial charge in [-0.2, -0.15) is 5.26 Å². The van der Waals surface area contributed by atoms with Gasteiger partial charge in [-0.25, -0.2) is 9.78 Å². The van der Waals surface area contributed by atoms with Crippen molar-refractivity contribution < 1.29 is 9.90 Å². The number of aromatic carboxylic acids is 1. The zero-order valence-electron chi connectivity index (χ0n) is 9.78. The van der Waals surface area contributed by atoms with Gasteiger partial charge < -0.3 is 9.67 Å². The summed E-state index contributed by atoms with van der Waals surface area (Å²) in [4.78, 5) is 26.7. The van der Waals surface area contributed by atoms with Crippen molar-refractivity contribution >= 4 is 5.97 Å². The van der Waals surface area contributed by atoms with E-state index in [2.05, 4.69) is 4.98 Å². The number of rotatable bonds is 3. The van der Waals surface area contributed by atoms with E-state index in [4.69, 9.17) is 10.4 Å². The number of pyridine rings is 2. The first-order valence-corrected chi connectivity index (χ1v) is 5.40. The van der Waals surface area contributed by atoms with E-state index in [1.807, 2.05) is 6.07 Å². The van der Waals surface area contributed by atoms with E-state index in [0.717, 1.165) is 0 Å². The molecule has 0 fully saturated rings. The van der Waals surface area contributed by atoms with Gasteiger partial charge in [-0.05, 0) is 18.2 Å². The molecule has 0 saturated carbocycles. The number of hydrogen-bond acceptors (Lipinski definition) is 4. The third kappa shape index (κ3) is 2.50. The Balaban J connectivity index is 2.45. The maximum absolute atomic E-state index is 11.9. The summed E-state index contributed by atoms with van der Waals surface area (Å²) in [5, 5.41) is 17.8. The van der Waals surface area contributed by atoms with Gasteiger partial charge in [-0.15, -0.1) is 0 Å². The Kier molecular flexibility index (Phi) is 3.39. The number of hydrogen-bond donors (Lipinski definition) is 1. The minimum atomic E-state index is -1.27. The van der Waals surface area contributed by atoms with Crippen LogP contribution in [-0.2, 0) is 6.54 Å². The molecule has 2 aromatic rings. The lowest BCUT2D eigenvalue weighted by molar-refractivity contribution is 0.0694. The van der Waals surface area contributed by atoms with Crippen molar-refractivity contribution in [3.8, 4) is 6.07 Å². The Morgan fingerprint density at radius 3 is 2.89 bits per heavy atom. The van der Waals surface area contributed by atoms with Crippen LogP contribution in [-0.4, -0.2) is 20.6 Å². The second-order valence-electron chi connectivity index (χ2n) is 3.78. The highest BCUT2D eigenvalue weighted by Gasteiger charge is 2.11. The van der Waals surface area contributed by atoms with Crippen LogP contribution in [0.4, 0.5) is 0 Å². The molecular weight excluding hydrogens is 246 g/mol. The van der Waals surface area contributed by atoms with Crippen LogP contribution in [0.2, 0.25) is 0 Å². The Bertz CT molecular complexity index is 728. The maximum Gasteiger partial charge on any atom is 0.341 e. The van der Waals surface area contributed by atoms with Crippen LogP contribution < -0.4 is 5.56 Å². The fraction of sp³-hybridized carbons (Fsp3) is 0.0769. The molecule has 0 aliphatic heterocycles. The van der Waals surface area contributed by atoms with Crippen LogP contribution in [0.15, 0.2) is 41.5 Å². The first-order valence-electron chi connectivity index (χ1n) is 5.40. The minimum absolute atomic E-state index is 0.108. The largest absolute Gasteiger partial charge is 0.477 e. The highest BCUT2D eigenvalue weighted by atomic mass is 16.4. The fourth-order valence-corrected chi connectivity index (χ4v) is 1.67. The van der Waals surface area contributed by atoms with Crippen LogP contribution >= 0.6 is 0 Å². The summed E-state index contributed by atoms with van der Waals surface area (Å²) in [6.07, 6.45) is 2.96. The maximum atomic E-state index is 11.9. The lowest BCUT2D eigenvalue weighted by atomic mass is 10.2. The smallest absolute Gasteiger partial charge is 0.341 e.